The van der Waals surface area contributed by atoms with E-state index in [0.717, 1.165) is 12.5 Å². The summed E-state index contributed by atoms with van der Waals surface area (Å²) in [5.74, 6) is 0.879. The SMILES string of the molecule is C[C@@H]1CCN(Cc2ccc(C(C)(C)C)cc2)C1. The molecule has 1 fully saturated rings. The molecule has 1 aromatic rings. The van der Waals surface area contributed by atoms with Gasteiger partial charge in [-0.15, -0.1) is 0 Å². The molecule has 94 valence electrons. The van der Waals surface area contributed by atoms with Crippen LogP contribution in [0.15, 0.2) is 24.3 Å². The van der Waals surface area contributed by atoms with Crippen molar-refractivity contribution in [1.82, 2.24) is 4.90 Å². The number of likely N-dealkylation sites (tertiary alicyclic amines) is 1. The highest BCUT2D eigenvalue weighted by atomic mass is 15.1. The Kier molecular flexibility index (Phi) is 3.58. The Morgan fingerprint density at radius 3 is 2.29 bits per heavy atom. The monoisotopic (exact) mass is 231 g/mol. The van der Waals surface area contributed by atoms with Gasteiger partial charge < -0.3 is 0 Å². The van der Waals surface area contributed by atoms with Gasteiger partial charge in [-0.2, -0.15) is 0 Å². The predicted octanol–water partition coefficient (Wildman–Crippen LogP) is 3.83. The number of benzene rings is 1. The van der Waals surface area contributed by atoms with Crippen molar-refractivity contribution in [2.45, 2.75) is 46.1 Å². The number of nitrogens with zero attached hydrogens (tertiary/aromatic N) is 1. The van der Waals surface area contributed by atoms with Crippen molar-refractivity contribution in [1.29, 1.82) is 0 Å². The Morgan fingerprint density at radius 2 is 1.82 bits per heavy atom. The summed E-state index contributed by atoms with van der Waals surface area (Å²) in [6, 6.07) is 9.16. The molecule has 0 amide bonds. The molecule has 0 unspecified atom stereocenters. The molecule has 1 heteroatoms. The molecule has 0 N–H and O–H groups in total. The van der Waals surface area contributed by atoms with Crippen molar-refractivity contribution in [2.75, 3.05) is 13.1 Å². The van der Waals surface area contributed by atoms with E-state index < -0.39 is 0 Å². The van der Waals surface area contributed by atoms with Crippen LogP contribution in [0.2, 0.25) is 0 Å². The van der Waals surface area contributed by atoms with Gasteiger partial charge in [0.15, 0.2) is 0 Å². The summed E-state index contributed by atoms with van der Waals surface area (Å²) < 4.78 is 0. The van der Waals surface area contributed by atoms with Crippen LogP contribution in [-0.4, -0.2) is 18.0 Å². The predicted molar refractivity (Wildman–Crippen MR) is 74.2 cm³/mol. The van der Waals surface area contributed by atoms with Gasteiger partial charge in [-0.1, -0.05) is 52.0 Å². The van der Waals surface area contributed by atoms with Crippen molar-refractivity contribution >= 4 is 0 Å². The van der Waals surface area contributed by atoms with Gasteiger partial charge in [0, 0.05) is 13.1 Å². The summed E-state index contributed by atoms with van der Waals surface area (Å²) in [6.07, 6.45) is 1.36. The molecule has 17 heavy (non-hydrogen) atoms. The first-order valence-electron chi connectivity index (χ1n) is 6.77. The second kappa shape index (κ2) is 4.81. The Balaban J connectivity index is 1.99. The molecule has 0 radical (unpaired) electrons. The number of rotatable bonds is 2. The van der Waals surface area contributed by atoms with Gasteiger partial charge in [-0.3, -0.25) is 4.90 Å². The largest absolute Gasteiger partial charge is 0.299 e. The van der Waals surface area contributed by atoms with Crippen LogP contribution in [0.1, 0.15) is 45.2 Å². The van der Waals surface area contributed by atoms with Gasteiger partial charge >= 0.3 is 0 Å². The Bertz CT molecular complexity index is 358. The number of hydrogen-bond acceptors (Lipinski definition) is 1. The maximum Gasteiger partial charge on any atom is 0.0233 e. The standard InChI is InChI=1S/C16H25N/c1-13-9-10-17(11-13)12-14-5-7-15(8-6-14)16(2,3)4/h5-8,13H,9-12H2,1-4H3/t13-/m1/s1. The van der Waals surface area contributed by atoms with Crippen LogP contribution in [0.3, 0.4) is 0 Å². The van der Waals surface area contributed by atoms with Gasteiger partial charge in [0.1, 0.15) is 0 Å². The van der Waals surface area contributed by atoms with Crippen LogP contribution in [0.5, 0.6) is 0 Å². The molecule has 0 aliphatic carbocycles. The van der Waals surface area contributed by atoms with Gasteiger partial charge in [-0.25, -0.2) is 0 Å². The first-order chi connectivity index (χ1) is 7.95. The van der Waals surface area contributed by atoms with Gasteiger partial charge in [-0.05, 0) is 35.4 Å². The van der Waals surface area contributed by atoms with Crippen molar-refractivity contribution in [3.63, 3.8) is 0 Å². The van der Waals surface area contributed by atoms with E-state index in [-0.39, 0.29) is 5.41 Å². The van der Waals surface area contributed by atoms with Crippen LogP contribution in [0.25, 0.3) is 0 Å². The minimum absolute atomic E-state index is 0.265. The topological polar surface area (TPSA) is 3.24 Å². The quantitative estimate of drug-likeness (QED) is 0.748. The fraction of sp³-hybridized carbons (Fsp3) is 0.625. The average Bonchev–Trinajstić information content (AvgIpc) is 2.63. The summed E-state index contributed by atoms with van der Waals surface area (Å²) >= 11 is 0. The van der Waals surface area contributed by atoms with Crippen LogP contribution in [-0.2, 0) is 12.0 Å². The summed E-state index contributed by atoms with van der Waals surface area (Å²) in [7, 11) is 0. The summed E-state index contributed by atoms with van der Waals surface area (Å²) in [6.45, 7) is 12.8. The Hall–Kier alpha value is -0.820. The maximum atomic E-state index is 2.57. The van der Waals surface area contributed by atoms with E-state index in [9.17, 15) is 0 Å². The highest BCUT2D eigenvalue weighted by Crippen LogP contribution is 2.23. The van der Waals surface area contributed by atoms with Crippen molar-refractivity contribution in [3.05, 3.63) is 35.4 Å². The number of hydrogen-bond donors (Lipinski definition) is 0. The summed E-state index contributed by atoms with van der Waals surface area (Å²) in [5.41, 5.74) is 3.14. The normalized spacial score (nSPS) is 22.0. The molecular weight excluding hydrogens is 206 g/mol. The van der Waals surface area contributed by atoms with Gasteiger partial charge in [0.2, 0.25) is 0 Å². The lowest BCUT2D eigenvalue weighted by Gasteiger charge is -2.20. The van der Waals surface area contributed by atoms with Crippen LogP contribution in [0.4, 0.5) is 0 Å². The van der Waals surface area contributed by atoms with Crippen LogP contribution in [0, 0.1) is 5.92 Å². The zero-order valence-corrected chi connectivity index (χ0v) is 11.7. The maximum absolute atomic E-state index is 2.57. The zero-order chi connectivity index (χ0) is 12.5. The molecule has 1 atom stereocenters. The molecule has 0 spiro atoms. The highest BCUT2D eigenvalue weighted by molar-refractivity contribution is 5.27. The summed E-state index contributed by atoms with van der Waals surface area (Å²) in [4.78, 5) is 2.57. The highest BCUT2D eigenvalue weighted by Gasteiger charge is 2.18. The fourth-order valence-corrected chi connectivity index (χ4v) is 2.54. The molecule has 2 rings (SSSR count). The zero-order valence-electron chi connectivity index (χ0n) is 11.7. The minimum atomic E-state index is 0.265. The molecule has 1 aliphatic rings. The van der Waals surface area contributed by atoms with E-state index in [0.29, 0.717) is 0 Å². The Morgan fingerprint density at radius 1 is 1.18 bits per heavy atom. The van der Waals surface area contributed by atoms with Crippen molar-refractivity contribution in [2.24, 2.45) is 5.92 Å². The minimum Gasteiger partial charge on any atom is -0.299 e. The molecule has 1 aliphatic heterocycles. The first kappa shape index (κ1) is 12.6. The third-order valence-corrected chi connectivity index (χ3v) is 3.73. The van der Waals surface area contributed by atoms with Gasteiger partial charge in [0.25, 0.3) is 0 Å². The van der Waals surface area contributed by atoms with E-state index in [4.69, 9.17) is 0 Å². The van der Waals surface area contributed by atoms with Crippen molar-refractivity contribution < 1.29 is 0 Å². The molecule has 0 aromatic heterocycles. The van der Waals surface area contributed by atoms with Crippen molar-refractivity contribution in [3.8, 4) is 0 Å². The fourth-order valence-electron chi connectivity index (χ4n) is 2.54. The first-order valence-corrected chi connectivity index (χ1v) is 6.77. The third kappa shape index (κ3) is 3.32. The smallest absolute Gasteiger partial charge is 0.0233 e. The lowest BCUT2D eigenvalue weighted by atomic mass is 9.87. The van der Waals surface area contributed by atoms with E-state index in [1.54, 1.807) is 0 Å². The second-order valence-corrected chi connectivity index (χ2v) is 6.58. The van der Waals surface area contributed by atoms with E-state index in [1.807, 2.05) is 0 Å². The molecule has 1 aromatic carbocycles. The lowest BCUT2D eigenvalue weighted by Crippen LogP contribution is -2.19. The Labute approximate surface area is 106 Å². The molecule has 0 saturated carbocycles. The lowest BCUT2D eigenvalue weighted by molar-refractivity contribution is 0.320. The second-order valence-electron chi connectivity index (χ2n) is 6.58. The molecule has 1 heterocycles. The average molecular weight is 231 g/mol. The molecule has 1 saturated heterocycles. The molecular formula is C16H25N. The molecule has 0 bridgehead atoms. The third-order valence-electron chi connectivity index (χ3n) is 3.73. The van der Waals surface area contributed by atoms with E-state index in [2.05, 4.69) is 56.9 Å². The summed E-state index contributed by atoms with van der Waals surface area (Å²) in [5, 5.41) is 0. The van der Waals surface area contributed by atoms with Gasteiger partial charge in [0.05, 0.1) is 0 Å². The van der Waals surface area contributed by atoms with E-state index in [1.165, 1.54) is 30.6 Å². The van der Waals surface area contributed by atoms with E-state index >= 15 is 0 Å². The molecule has 1 nitrogen and oxygen atoms in total. The van der Waals surface area contributed by atoms with Crippen LogP contribution >= 0.6 is 0 Å². The van der Waals surface area contributed by atoms with Crippen LogP contribution < -0.4 is 0 Å².